The zero-order valence-corrected chi connectivity index (χ0v) is 15.9. The van der Waals surface area contributed by atoms with E-state index in [1.807, 2.05) is 28.0 Å². The van der Waals surface area contributed by atoms with Gasteiger partial charge in [-0.1, -0.05) is 6.07 Å². The minimum Gasteiger partial charge on any atom is -0.336 e. The quantitative estimate of drug-likeness (QED) is 0.734. The molecule has 2 amide bonds. The molecule has 0 bridgehead atoms. The number of nitrogens with zero attached hydrogens (tertiary/aromatic N) is 3. The Hall–Kier alpha value is -2.84. The number of hydrogen-bond donors (Lipinski definition) is 1. The molecule has 144 valence electrons. The lowest BCUT2D eigenvalue weighted by atomic mass is 10.1. The number of aromatic nitrogens is 1. The van der Waals surface area contributed by atoms with Crippen LogP contribution in [0.25, 0.3) is 10.2 Å². The van der Waals surface area contributed by atoms with E-state index in [1.54, 1.807) is 17.6 Å². The molecular formula is C20H19FN4O2S. The molecule has 0 atom stereocenters. The van der Waals surface area contributed by atoms with E-state index in [9.17, 15) is 14.0 Å². The Balaban J connectivity index is 1.30. The minimum atomic E-state index is -0.388. The summed E-state index contributed by atoms with van der Waals surface area (Å²) in [5.74, 6) is -0.582. The molecule has 28 heavy (non-hydrogen) atoms. The van der Waals surface area contributed by atoms with Gasteiger partial charge in [0.1, 0.15) is 5.82 Å². The highest BCUT2D eigenvalue weighted by Gasteiger charge is 2.23. The van der Waals surface area contributed by atoms with Crippen LogP contribution in [-0.4, -0.2) is 59.3 Å². The van der Waals surface area contributed by atoms with Gasteiger partial charge in [0.25, 0.3) is 5.91 Å². The predicted molar refractivity (Wildman–Crippen MR) is 107 cm³/mol. The number of thiazole rings is 1. The molecule has 1 aliphatic heterocycles. The molecule has 6 nitrogen and oxygen atoms in total. The lowest BCUT2D eigenvalue weighted by molar-refractivity contribution is -0.117. The zero-order valence-electron chi connectivity index (χ0n) is 15.1. The molecule has 8 heteroatoms. The van der Waals surface area contributed by atoms with E-state index < -0.39 is 0 Å². The lowest BCUT2D eigenvalue weighted by Crippen LogP contribution is -2.50. The third-order valence-electron chi connectivity index (χ3n) is 4.71. The van der Waals surface area contributed by atoms with Gasteiger partial charge in [-0.2, -0.15) is 0 Å². The number of carbonyl (C=O) groups excluding carboxylic acids is 2. The average Bonchev–Trinajstić information content (AvgIpc) is 3.16. The smallest absolute Gasteiger partial charge is 0.253 e. The average molecular weight is 398 g/mol. The Bertz CT molecular complexity index is 1010. The molecule has 0 unspecified atom stereocenters. The summed E-state index contributed by atoms with van der Waals surface area (Å²) in [5, 5.41) is 2.70. The number of anilines is 1. The number of halogens is 1. The highest BCUT2D eigenvalue weighted by Crippen LogP contribution is 2.20. The van der Waals surface area contributed by atoms with Crippen LogP contribution in [0.15, 0.2) is 48.0 Å². The van der Waals surface area contributed by atoms with E-state index >= 15 is 0 Å². The van der Waals surface area contributed by atoms with Crippen molar-refractivity contribution in [1.82, 2.24) is 14.8 Å². The van der Waals surface area contributed by atoms with E-state index in [4.69, 9.17) is 0 Å². The van der Waals surface area contributed by atoms with Gasteiger partial charge in [0.05, 0.1) is 22.3 Å². The molecule has 0 radical (unpaired) electrons. The normalized spacial score (nSPS) is 15.0. The van der Waals surface area contributed by atoms with Crippen molar-refractivity contribution in [3.05, 3.63) is 59.4 Å². The third kappa shape index (κ3) is 4.18. The summed E-state index contributed by atoms with van der Waals surface area (Å²) in [4.78, 5) is 32.9. The van der Waals surface area contributed by atoms with Crippen LogP contribution >= 0.6 is 11.3 Å². The molecule has 0 saturated carbocycles. The molecule has 1 aromatic heterocycles. The highest BCUT2D eigenvalue weighted by atomic mass is 32.1. The van der Waals surface area contributed by atoms with Crippen molar-refractivity contribution >= 4 is 39.1 Å². The van der Waals surface area contributed by atoms with Crippen molar-refractivity contribution in [1.29, 1.82) is 0 Å². The summed E-state index contributed by atoms with van der Waals surface area (Å²) in [6, 6.07) is 11.4. The molecule has 4 rings (SSSR count). The van der Waals surface area contributed by atoms with Crippen molar-refractivity contribution in [3.8, 4) is 0 Å². The molecule has 1 saturated heterocycles. The zero-order chi connectivity index (χ0) is 19.5. The van der Waals surface area contributed by atoms with Gasteiger partial charge in [0.2, 0.25) is 5.91 Å². The van der Waals surface area contributed by atoms with Crippen LogP contribution < -0.4 is 5.32 Å². The first kappa shape index (κ1) is 18.5. The summed E-state index contributed by atoms with van der Waals surface area (Å²) in [5.41, 5.74) is 3.77. The van der Waals surface area contributed by atoms with E-state index in [1.165, 1.54) is 23.5 Å². The third-order valence-corrected chi connectivity index (χ3v) is 5.51. The number of fused-ring (bicyclic) bond motifs is 1. The Morgan fingerprint density at radius 1 is 1.11 bits per heavy atom. The van der Waals surface area contributed by atoms with E-state index in [2.05, 4.69) is 10.3 Å². The van der Waals surface area contributed by atoms with Gasteiger partial charge in [-0.3, -0.25) is 14.5 Å². The molecule has 2 heterocycles. The second-order valence-electron chi connectivity index (χ2n) is 6.66. The van der Waals surface area contributed by atoms with Crippen LogP contribution in [0.4, 0.5) is 10.1 Å². The molecule has 0 aliphatic carbocycles. The van der Waals surface area contributed by atoms with Crippen molar-refractivity contribution in [2.24, 2.45) is 0 Å². The summed E-state index contributed by atoms with van der Waals surface area (Å²) < 4.78 is 14.2. The Labute approximate surface area is 165 Å². The Kier molecular flexibility index (Phi) is 5.31. The van der Waals surface area contributed by atoms with Crippen LogP contribution in [0, 0.1) is 5.82 Å². The maximum absolute atomic E-state index is 13.2. The van der Waals surface area contributed by atoms with Crippen molar-refractivity contribution in [2.75, 3.05) is 38.0 Å². The van der Waals surface area contributed by atoms with Gasteiger partial charge in [-0.15, -0.1) is 11.3 Å². The number of piperazine rings is 1. The number of hydrogen-bond acceptors (Lipinski definition) is 5. The van der Waals surface area contributed by atoms with Crippen LogP contribution in [0.5, 0.6) is 0 Å². The first-order valence-corrected chi connectivity index (χ1v) is 9.87. The first-order chi connectivity index (χ1) is 13.6. The number of benzene rings is 2. The Morgan fingerprint density at radius 3 is 2.71 bits per heavy atom. The first-order valence-electron chi connectivity index (χ1n) is 8.99. The topological polar surface area (TPSA) is 65.5 Å². The summed E-state index contributed by atoms with van der Waals surface area (Å²) >= 11 is 1.52. The molecule has 1 fully saturated rings. The summed E-state index contributed by atoms with van der Waals surface area (Å²) in [6.45, 7) is 2.57. The summed E-state index contributed by atoms with van der Waals surface area (Å²) in [6.07, 6.45) is 0. The number of carbonyl (C=O) groups is 2. The fourth-order valence-electron chi connectivity index (χ4n) is 3.25. The van der Waals surface area contributed by atoms with E-state index in [0.29, 0.717) is 37.4 Å². The predicted octanol–water partition coefficient (Wildman–Crippen LogP) is 2.83. The van der Waals surface area contributed by atoms with E-state index in [-0.39, 0.29) is 24.2 Å². The van der Waals surface area contributed by atoms with Gasteiger partial charge < -0.3 is 10.2 Å². The number of nitrogens with one attached hydrogen (secondary N) is 1. The highest BCUT2D eigenvalue weighted by molar-refractivity contribution is 7.16. The second-order valence-corrected chi connectivity index (χ2v) is 7.55. The fraction of sp³-hybridized carbons (Fsp3) is 0.250. The lowest BCUT2D eigenvalue weighted by Gasteiger charge is -2.34. The standard InChI is InChI=1S/C20H19FN4O2S/c21-15-2-1-3-16(11-15)23-19(26)12-24-6-8-25(9-7-24)20(27)14-4-5-17-18(10-14)28-13-22-17/h1-5,10-11,13H,6-9,12H2,(H,23,26). The van der Waals surface area contributed by atoms with Crippen LogP contribution in [0.2, 0.25) is 0 Å². The minimum absolute atomic E-state index is 0.000776. The van der Waals surface area contributed by atoms with Crippen LogP contribution in [0.3, 0.4) is 0 Å². The van der Waals surface area contributed by atoms with Crippen molar-refractivity contribution in [2.45, 2.75) is 0 Å². The SMILES string of the molecule is O=C(CN1CCN(C(=O)c2ccc3ncsc3c2)CC1)Nc1cccc(F)c1. The summed E-state index contributed by atoms with van der Waals surface area (Å²) in [7, 11) is 0. The van der Waals surface area contributed by atoms with E-state index in [0.717, 1.165) is 10.2 Å². The van der Waals surface area contributed by atoms with Crippen LogP contribution in [-0.2, 0) is 4.79 Å². The molecule has 3 aromatic rings. The van der Waals surface area contributed by atoms with Crippen molar-refractivity contribution in [3.63, 3.8) is 0 Å². The number of rotatable bonds is 4. The number of amides is 2. The monoisotopic (exact) mass is 398 g/mol. The molecule has 2 aromatic carbocycles. The molecule has 1 N–H and O–H groups in total. The molecular weight excluding hydrogens is 379 g/mol. The maximum atomic E-state index is 13.2. The largest absolute Gasteiger partial charge is 0.336 e. The van der Waals surface area contributed by atoms with Crippen LogP contribution in [0.1, 0.15) is 10.4 Å². The van der Waals surface area contributed by atoms with Gasteiger partial charge >= 0.3 is 0 Å². The maximum Gasteiger partial charge on any atom is 0.253 e. The van der Waals surface area contributed by atoms with Gasteiger partial charge in [-0.25, -0.2) is 9.37 Å². The van der Waals surface area contributed by atoms with Gasteiger partial charge in [0, 0.05) is 37.4 Å². The van der Waals surface area contributed by atoms with Gasteiger partial charge in [-0.05, 0) is 36.4 Å². The van der Waals surface area contributed by atoms with Gasteiger partial charge in [0.15, 0.2) is 0 Å². The van der Waals surface area contributed by atoms with Crippen molar-refractivity contribution < 1.29 is 14.0 Å². The molecule has 1 aliphatic rings. The second kappa shape index (κ2) is 8.04. The molecule has 0 spiro atoms. The fourth-order valence-corrected chi connectivity index (χ4v) is 3.97. The Morgan fingerprint density at radius 2 is 1.93 bits per heavy atom.